The minimum atomic E-state index is -0.404. The zero-order chi connectivity index (χ0) is 19.7. The highest BCUT2D eigenvalue weighted by molar-refractivity contribution is 6.30. The van der Waals surface area contributed by atoms with Crippen LogP contribution in [-0.4, -0.2) is 11.0 Å². The maximum absolute atomic E-state index is 13.0. The zero-order valence-electron chi connectivity index (χ0n) is 15.6. The smallest absolute Gasteiger partial charge is 0.344 e. The lowest BCUT2D eigenvalue weighted by Gasteiger charge is -2.11. The molecule has 0 aliphatic carbocycles. The number of halogens is 1. The number of ether oxygens (including phenoxy) is 1. The highest BCUT2D eigenvalue weighted by Crippen LogP contribution is 2.28. The van der Waals surface area contributed by atoms with Crippen molar-refractivity contribution in [1.82, 2.24) is 4.98 Å². The van der Waals surface area contributed by atoms with Gasteiger partial charge in [0.2, 0.25) is 0 Å². The number of nitrogens with zero attached hydrogens (tertiary/aromatic N) is 1. The van der Waals surface area contributed by atoms with E-state index in [0.717, 1.165) is 27.6 Å². The van der Waals surface area contributed by atoms with Crippen molar-refractivity contribution < 1.29 is 9.53 Å². The molecular weight excluding hydrogens is 370 g/mol. The van der Waals surface area contributed by atoms with Gasteiger partial charge in [-0.25, -0.2) is 9.78 Å². The Labute approximate surface area is 168 Å². The molecule has 0 radical (unpaired) electrons. The largest absolute Gasteiger partial charge is 0.423 e. The molecule has 3 nitrogen and oxygen atoms in total. The van der Waals surface area contributed by atoms with Crippen molar-refractivity contribution in [1.29, 1.82) is 0 Å². The number of carbonyl (C=O) groups excluding carboxylic acids is 1. The fourth-order valence-corrected chi connectivity index (χ4v) is 3.24. The average molecular weight is 388 g/mol. The second-order valence-electron chi connectivity index (χ2n) is 6.79. The van der Waals surface area contributed by atoms with Gasteiger partial charge in [-0.05, 0) is 61.9 Å². The molecule has 0 aliphatic rings. The van der Waals surface area contributed by atoms with E-state index in [4.69, 9.17) is 21.3 Å². The molecule has 3 aromatic carbocycles. The number of hydrogen-bond donors (Lipinski definition) is 0. The number of hydrogen-bond acceptors (Lipinski definition) is 3. The van der Waals surface area contributed by atoms with Crippen molar-refractivity contribution in [2.24, 2.45) is 0 Å². The molecule has 4 aromatic rings. The third kappa shape index (κ3) is 3.75. The molecule has 0 fully saturated rings. The molecule has 0 N–H and O–H groups in total. The predicted octanol–water partition coefficient (Wildman–Crippen LogP) is 6.39. The molecule has 0 atom stereocenters. The normalized spacial score (nSPS) is 10.8. The quantitative estimate of drug-likeness (QED) is 0.302. The number of fused-ring (bicyclic) bond motifs is 1. The first-order valence-corrected chi connectivity index (χ1v) is 9.33. The Bertz CT molecular complexity index is 1180. The molecule has 0 unspecified atom stereocenters. The van der Waals surface area contributed by atoms with Crippen LogP contribution in [0.3, 0.4) is 0 Å². The van der Waals surface area contributed by atoms with Crippen molar-refractivity contribution in [3.05, 3.63) is 94.5 Å². The number of carbonyl (C=O) groups is 1. The first-order valence-electron chi connectivity index (χ1n) is 8.96. The summed E-state index contributed by atoms with van der Waals surface area (Å²) in [5.41, 5.74) is 4.90. The Morgan fingerprint density at radius 3 is 2.39 bits per heavy atom. The fraction of sp³-hybridized carbons (Fsp3) is 0.0833. The van der Waals surface area contributed by atoms with Gasteiger partial charge in [0.15, 0.2) is 0 Å². The van der Waals surface area contributed by atoms with Gasteiger partial charge in [0, 0.05) is 16.0 Å². The monoisotopic (exact) mass is 387 g/mol. The lowest BCUT2D eigenvalue weighted by atomic mass is 10.0. The molecule has 138 valence electrons. The van der Waals surface area contributed by atoms with Gasteiger partial charge in [-0.2, -0.15) is 0 Å². The second-order valence-corrected chi connectivity index (χ2v) is 7.23. The molecule has 4 rings (SSSR count). The van der Waals surface area contributed by atoms with E-state index in [1.807, 2.05) is 74.5 Å². The lowest BCUT2D eigenvalue weighted by molar-refractivity contribution is 0.0737. The maximum Gasteiger partial charge on any atom is 0.344 e. The molecule has 0 bridgehead atoms. The number of esters is 1. The van der Waals surface area contributed by atoms with Crippen molar-refractivity contribution in [3.63, 3.8) is 0 Å². The summed E-state index contributed by atoms with van der Waals surface area (Å²) < 4.78 is 5.65. The van der Waals surface area contributed by atoms with Crippen LogP contribution in [-0.2, 0) is 0 Å². The van der Waals surface area contributed by atoms with E-state index in [0.29, 0.717) is 22.0 Å². The molecule has 0 saturated heterocycles. The summed E-state index contributed by atoms with van der Waals surface area (Å²) in [4.78, 5) is 17.7. The summed E-state index contributed by atoms with van der Waals surface area (Å²) in [6.45, 7) is 3.95. The molecule has 1 aromatic heterocycles. The van der Waals surface area contributed by atoms with E-state index in [2.05, 4.69) is 0 Å². The standard InChI is InChI=1S/C24H18ClNO2/c1-15-4-3-5-19(12-15)28-24(27)21-14-23(17-7-9-18(25)10-8-17)26-22-11-6-16(2)13-20(21)22/h3-14H,1-2H3. The van der Waals surface area contributed by atoms with Crippen LogP contribution in [0.5, 0.6) is 5.75 Å². The molecule has 1 heterocycles. The summed E-state index contributed by atoms with van der Waals surface area (Å²) in [6, 6.07) is 22.5. The van der Waals surface area contributed by atoms with Gasteiger partial charge in [0.25, 0.3) is 0 Å². The van der Waals surface area contributed by atoms with E-state index < -0.39 is 5.97 Å². The lowest BCUT2D eigenvalue weighted by Crippen LogP contribution is -2.10. The van der Waals surface area contributed by atoms with Crippen LogP contribution < -0.4 is 4.74 Å². The van der Waals surface area contributed by atoms with Gasteiger partial charge < -0.3 is 4.74 Å². The summed E-state index contributed by atoms with van der Waals surface area (Å²) in [6.07, 6.45) is 0. The molecule has 0 amide bonds. The van der Waals surface area contributed by atoms with Crippen molar-refractivity contribution >= 4 is 28.5 Å². The minimum absolute atomic E-state index is 0.404. The summed E-state index contributed by atoms with van der Waals surface area (Å²) in [5.74, 6) is 0.120. The van der Waals surface area contributed by atoms with Crippen LogP contribution in [0.4, 0.5) is 0 Å². The molecule has 0 aliphatic heterocycles. The topological polar surface area (TPSA) is 39.2 Å². The van der Waals surface area contributed by atoms with E-state index in [9.17, 15) is 4.79 Å². The maximum atomic E-state index is 13.0. The Morgan fingerprint density at radius 1 is 0.893 bits per heavy atom. The molecule has 28 heavy (non-hydrogen) atoms. The Hall–Kier alpha value is -3.17. The first-order chi connectivity index (χ1) is 13.5. The van der Waals surface area contributed by atoms with Crippen LogP contribution in [0.1, 0.15) is 21.5 Å². The van der Waals surface area contributed by atoms with E-state index >= 15 is 0 Å². The van der Waals surface area contributed by atoms with Crippen molar-refractivity contribution in [3.8, 4) is 17.0 Å². The van der Waals surface area contributed by atoms with Gasteiger partial charge in [0.1, 0.15) is 5.75 Å². The number of aromatic nitrogens is 1. The molecule has 4 heteroatoms. The van der Waals surface area contributed by atoms with Crippen LogP contribution in [0.25, 0.3) is 22.2 Å². The SMILES string of the molecule is Cc1cccc(OC(=O)c2cc(-c3ccc(Cl)cc3)nc3ccc(C)cc23)c1. The summed E-state index contributed by atoms with van der Waals surface area (Å²) in [5, 5.41) is 1.43. The van der Waals surface area contributed by atoms with Gasteiger partial charge >= 0.3 is 5.97 Å². The number of benzene rings is 3. The number of pyridine rings is 1. The van der Waals surface area contributed by atoms with E-state index in [-0.39, 0.29) is 0 Å². The Balaban J connectivity index is 1.83. The van der Waals surface area contributed by atoms with Crippen LogP contribution >= 0.6 is 11.6 Å². The summed E-state index contributed by atoms with van der Waals surface area (Å²) in [7, 11) is 0. The third-order valence-corrected chi connectivity index (χ3v) is 4.78. The highest BCUT2D eigenvalue weighted by atomic mass is 35.5. The van der Waals surface area contributed by atoms with Crippen molar-refractivity contribution in [2.45, 2.75) is 13.8 Å². The minimum Gasteiger partial charge on any atom is -0.423 e. The molecular formula is C24H18ClNO2. The fourth-order valence-electron chi connectivity index (χ4n) is 3.12. The number of aryl methyl sites for hydroxylation is 2. The van der Waals surface area contributed by atoms with Crippen LogP contribution in [0.15, 0.2) is 72.8 Å². The number of rotatable bonds is 3. The second kappa shape index (κ2) is 7.45. The first kappa shape index (κ1) is 18.2. The van der Waals surface area contributed by atoms with E-state index in [1.54, 1.807) is 12.1 Å². The highest BCUT2D eigenvalue weighted by Gasteiger charge is 2.16. The van der Waals surface area contributed by atoms with Crippen LogP contribution in [0, 0.1) is 13.8 Å². The Morgan fingerprint density at radius 2 is 1.64 bits per heavy atom. The van der Waals surface area contributed by atoms with Gasteiger partial charge in [-0.1, -0.05) is 47.5 Å². The third-order valence-electron chi connectivity index (χ3n) is 4.52. The zero-order valence-corrected chi connectivity index (χ0v) is 16.3. The molecule has 0 saturated carbocycles. The van der Waals surface area contributed by atoms with Gasteiger partial charge in [0.05, 0.1) is 16.8 Å². The van der Waals surface area contributed by atoms with E-state index in [1.165, 1.54) is 0 Å². The van der Waals surface area contributed by atoms with Gasteiger partial charge in [-0.3, -0.25) is 0 Å². The summed E-state index contributed by atoms with van der Waals surface area (Å²) >= 11 is 6.00. The van der Waals surface area contributed by atoms with Gasteiger partial charge in [-0.15, -0.1) is 0 Å². The Kier molecular flexibility index (Phi) is 4.84. The predicted molar refractivity (Wildman–Crippen MR) is 113 cm³/mol. The van der Waals surface area contributed by atoms with Crippen LogP contribution in [0.2, 0.25) is 5.02 Å². The van der Waals surface area contributed by atoms with Crippen molar-refractivity contribution in [2.75, 3.05) is 0 Å². The molecule has 0 spiro atoms. The average Bonchev–Trinajstić information content (AvgIpc) is 2.68.